The molecular weight excluding hydrogens is 302 g/mol. The fraction of sp³-hybridized carbons (Fsp3) is 0.778. The molecule has 0 bridgehead atoms. The summed E-state index contributed by atoms with van der Waals surface area (Å²) in [5, 5.41) is 7.49. The van der Waals surface area contributed by atoms with Crippen molar-refractivity contribution in [3.05, 3.63) is 18.0 Å². The minimum atomic E-state index is 0.137. The van der Waals surface area contributed by atoms with Gasteiger partial charge in [0, 0.05) is 45.5 Å². The van der Waals surface area contributed by atoms with Gasteiger partial charge in [-0.3, -0.25) is 4.68 Å². The molecule has 0 spiro atoms. The van der Waals surface area contributed by atoms with Crippen LogP contribution in [-0.4, -0.2) is 64.4 Å². The number of aromatic nitrogens is 2. The summed E-state index contributed by atoms with van der Waals surface area (Å²) >= 11 is 0. The van der Waals surface area contributed by atoms with Gasteiger partial charge in [0.1, 0.15) is 0 Å². The van der Waals surface area contributed by atoms with Crippen LogP contribution < -0.4 is 5.32 Å². The molecule has 0 saturated carbocycles. The molecule has 2 fully saturated rings. The molecule has 0 radical (unpaired) electrons. The number of hydrogen-bond donors (Lipinski definition) is 1. The predicted octanol–water partition coefficient (Wildman–Crippen LogP) is 1.87. The Morgan fingerprint density at radius 1 is 1.29 bits per heavy atom. The van der Waals surface area contributed by atoms with Crippen LogP contribution in [-0.2, 0) is 13.5 Å². The maximum atomic E-state index is 12.5. The molecule has 24 heavy (non-hydrogen) atoms. The molecule has 0 aliphatic carbocycles. The maximum Gasteiger partial charge on any atom is 0.317 e. The first-order valence-corrected chi connectivity index (χ1v) is 9.39. The lowest BCUT2D eigenvalue weighted by molar-refractivity contribution is 0.177. The van der Waals surface area contributed by atoms with E-state index in [-0.39, 0.29) is 6.03 Å². The molecule has 0 aromatic carbocycles. The predicted molar refractivity (Wildman–Crippen MR) is 94.9 cm³/mol. The SMILES string of the molecule is CCCN1CCC(NC(=O)N2CC[C@@H](Cc3cnn(C)c3)C2)CC1. The fourth-order valence-corrected chi connectivity index (χ4v) is 3.98. The summed E-state index contributed by atoms with van der Waals surface area (Å²) in [6, 6.07) is 0.487. The standard InChI is InChI=1S/C18H31N5O/c1-3-7-22-8-5-17(6-9-22)20-18(24)23-10-4-15(14-23)11-16-12-19-21(2)13-16/h12-13,15,17H,3-11,14H2,1-2H3,(H,20,24)/t15-/m0/s1. The number of hydrogen-bond acceptors (Lipinski definition) is 3. The first-order chi connectivity index (χ1) is 11.6. The van der Waals surface area contributed by atoms with Gasteiger partial charge in [-0.1, -0.05) is 6.92 Å². The number of nitrogens with zero attached hydrogens (tertiary/aromatic N) is 4. The van der Waals surface area contributed by atoms with Gasteiger partial charge in [0.2, 0.25) is 0 Å². The van der Waals surface area contributed by atoms with E-state index in [0.29, 0.717) is 12.0 Å². The highest BCUT2D eigenvalue weighted by molar-refractivity contribution is 5.74. The van der Waals surface area contributed by atoms with Crippen LogP contribution in [0.5, 0.6) is 0 Å². The van der Waals surface area contributed by atoms with Crippen LogP contribution in [0.1, 0.15) is 38.2 Å². The molecule has 3 heterocycles. The second-order valence-electron chi connectivity index (χ2n) is 7.39. The van der Waals surface area contributed by atoms with Gasteiger partial charge in [-0.25, -0.2) is 4.79 Å². The van der Waals surface area contributed by atoms with Crippen molar-refractivity contribution in [2.45, 2.75) is 45.1 Å². The van der Waals surface area contributed by atoms with Crippen molar-refractivity contribution in [3.8, 4) is 0 Å². The van der Waals surface area contributed by atoms with Crippen LogP contribution in [0.2, 0.25) is 0 Å². The summed E-state index contributed by atoms with van der Waals surface area (Å²) in [5.74, 6) is 0.561. The van der Waals surface area contributed by atoms with E-state index in [4.69, 9.17) is 0 Å². The van der Waals surface area contributed by atoms with Crippen LogP contribution in [0.25, 0.3) is 0 Å². The average molecular weight is 333 g/mol. The molecule has 3 rings (SSSR count). The normalized spacial score (nSPS) is 22.9. The number of piperidine rings is 1. The quantitative estimate of drug-likeness (QED) is 0.895. The highest BCUT2D eigenvalue weighted by atomic mass is 16.2. The van der Waals surface area contributed by atoms with Gasteiger partial charge in [-0.05, 0) is 50.1 Å². The summed E-state index contributed by atoms with van der Waals surface area (Å²) < 4.78 is 1.85. The highest BCUT2D eigenvalue weighted by Crippen LogP contribution is 2.21. The van der Waals surface area contributed by atoms with E-state index in [9.17, 15) is 4.79 Å². The Kier molecular flexibility index (Phi) is 5.76. The zero-order valence-corrected chi connectivity index (χ0v) is 15.1. The number of carbonyl (C=O) groups excluding carboxylic acids is 1. The average Bonchev–Trinajstić information content (AvgIpc) is 3.19. The molecular formula is C18H31N5O. The van der Waals surface area contributed by atoms with Gasteiger partial charge in [0.15, 0.2) is 0 Å². The summed E-state index contributed by atoms with van der Waals surface area (Å²) in [5.41, 5.74) is 1.27. The van der Waals surface area contributed by atoms with E-state index in [1.807, 2.05) is 22.8 Å². The van der Waals surface area contributed by atoms with Gasteiger partial charge in [0.25, 0.3) is 0 Å². The van der Waals surface area contributed by atoms with Crippen molar-refractivity contribution in [2.75, 3.05) is 32.7 Å². The summed E-state index contributed by atoms with van der Waals surface area (Å²) in [6.07, 6.45) is 9.50. The molecule has 2 aliphatic rings. The second kappa shape index (κ2) is 8.01. The molecule has 1 N–H and O–H groups in total. The first-order valence-electron chi connectivity index (χ1n) is 9.39. The monoisotopic (exact) mass is 333 g/mol. The number of amides is 2. The van der Waals surface area contributed by atoms with Crippen LogP contribution in [0.3, 0.4) is 0 Å². The molecule has 6 heteroatoms. The molecule has 6 nitrogen and oxygen atoms in total. The number of carbonyl (C=O) groups is 1. The maximum absolute atomic E-state index is 12.5. The van der Waals surface area contributed by atoms with Crippen LogP contribution in [0.4, 0.5) is 4.79 Å². The summed E-state index contributed by atoms with van der Waals surface area (Å²) in [7, 11) is 1.95. The number of urea groups is 1. The van der Waals surface area contributed by atoms with Crippen LogP contribution in [0.15, 0.2) is 12.4 Å². The Balaban J connectivity index is 1.40. The molecule has 2 amide bonds. The first kappa shape index (κ1) is 17.3. The number of aryl methyl sites for hydroxylation is 1. The smallest absolute Gasteiger partial charge is 0.317 e. The van der Waals surface area contributed by atoms with E-state index in [2.05, 4.69) is 28.4 Å². The third-order valence-corrected chi connectivity index (χ3v) is 5.31. The Morgan fingerprint density at radius 3 is 2.75 bits per heavy atom. The molecule has 2 saturated heterocycles. The van der Waals surface area contributed by atoms with Gasteiger partial charge in [-0.15, -0.1) is 0 Å². The van der Waals surface area contributed by atoms with E-state index in [0.717, 1.165) is 51.9 Å². The van der Waals surface area contributed by atoms with Crippen molar-refractivity contribution in [1.29, 1.82) is 0 Å². The molecule has 2 aliphatic heterocycles. The van der Waals surface area contributed by atoms with Gasteiger partial charge < -0.3 is 15.1 Å². The zero-order valence-electron chi connectivity index (χ0n) is 15.1. The van der Waals surface area contributed by atoms with Crippen LogP contribution in [0, 0.1) is 5.92 Å². The van der Waals surface area contributed by atoms with Gasteiger partial charge >= 0.3 is 6.03 Å². The Labute approximate surface area is 145 Å². The highest BCUT2D eigenvalue weighted by Gasteiger charge is 2.28. The number of rotatable bonds is 5. The topological polar surface area (TPSA) is 53.4 Å². The third-order valence-electron chi connectivity index (χ3n) is 5.31. The van der Waals surface area contributed by atoms with E-state index in [1.165, 1.54) is 18.5 Å². The van der Waals surface area contributed by atoms with E-state index >= 15 is 0 Å². The zero-order chi connectivity index (χ0) is 16.9. The minimum Gasteiger partial charge on any atom is -0.335 e. The molecule has 1 aromatic rings. The van der Waals surface area contributed by atoms with Crippen molar-refractivity contribution < 1.29 is 4.79 Å². The minimum absolute atomic E-state index is 0.137. The van der Waals surface area contributed by atoms with Crippen molar-refractivity contribution in [2.24, 2.45) is 13.0 Å². The van der Waals surface area contributed by atoms with Crippen molar-refractivity contribution >= 4 is 6.03 Å². The molecule has 1 atom stereocenters. The molecule has 0 unspecified atom stereocenters. The Morgan fingerprint density at radius 2 is 2.08 bits per heavy atom. The second-order valence-corrected chi connectivity index (χ2v) is 7.39. The van der Waals surface area contributed by atoms with Crippen LogP contribution >= 0.6 is 0 Å². The fourth-order valence-electron chi connectivity index (χ4n) is 3.98. The molecule has 134 valence electrons. The Bertz CT molecular complexity index is 535. The van der Waals surface area contributed by atoms with Crippen molar-refractivity contribution in [3.63, 3.8) is 0 Å². The summed E-state index contributed by atoms with van der Waals surface area (Å²) in [6.45, 7) is 7.39. The Hall–Kier alpha value is -1.56. The largest absolute Gasteiger partial charge is 0.335 e. The van der Waals surface area contributed by atoms with Crippen molar-refractivity contribution in [1.82, 2.24) is 24.9 Å². The number of likely N-dealkylation sites (tertiary alicyclic amines) is 2. The lowest BCUT2D eigenvalue weighted by atomic mass is 10.0. The van der Waals surface area contributed by atoms with E-state index in [1.54, 1.807) is 0 Å². The lowest BCUT2D eigenvalue weighted by Crippen LogP contribution is -2.48. The lowest BCUT2D eigenvalue weighted by Gasteiger charge is -2.33. The third kappa shape index (κ3) is 4.50. The summed E-state index contributed by atoms with van der Waals surface area (Å²) in [4.78, 5) is 17.0. The van der Waals surface area contributed by atoms with Gasteiger partial charge in [0.05, 0.1) is 6.20 Å². The van der Waals surface area contributed by atoms with E-state index < -0.39 is 0 Å². The number of nitrogens with one attached hydrogen (secondary N) is 1. The van der Waals surface area contributed by atoms with Gasteiger partial charge in [-0.2, -0.15) is 5.10 Å². The molecule has 1 aromatic heterocycles.